The molecule has 2 heterocycles. The molecule has 0 N–H and O–H groups in total. The molecule has 1 radical (unpaired) electrons. The lowest BCUT2D eigenvalue weighted by molar-refractivity contribution is -0.137. The Balaban J connectivity index is 2.04. The quantitative estimate of drug-likeness (QED) is 0.517. The molecule has 135 valence electrons. The van der Waals surface area contributed by atoms with Crippen LogP contribution in [0.5, 0.6) is 5.75 Å². The van der Waals surface area contributed by atoms with E-state index < -0.39 is 11.7 Å². The van der Waals surface area contributed by atoms with Crippen LogP contribution in [0, 0.1) is 6.33 Å². The Morgan fingerprint density at radius 3 is 2.59 bits per heavy atom. The number of nitrogens with zero attached hydrogens (tertiary/aromatic N) is 3. The smallest absolute Gasteiger partial charge is 0.416 e. The van der Waals surface area contributed by atoms with Gasteiger partial charge < -0.3 is 4.74 Å². The number of rotatable bonds is 3. The number of hydrogen-bond acceptors (Lipinski definition) is 3. The summed E-state index contributed by atoms with van der Waals surface area (Å²) < 4.78 is 46.6. The van der Waals surface area contributed by atoms with E-state index in [0.717, 1.165) is 17.7 Å². The first-order valence-corrected chi connectivity index (χ1v) is 8.05. The minimum atomic E-state index is -4.44. The third-order valence-corrected chi connectivity index (χ3v) is 4.28. The second-order valence-electron chi connectivity index (χ2n) is 5.86. The van der Waals surface area contributed by atoms with Gasteiger partial charge in [-0.3, -0.25) is 0 Å². The zero-order valence-electron chi connectivity index (χ0n) is 14.2. The van der Waals surface area contributed by atoms with Crippen molar-refractivity contribution in [1.82, 2.24) is 14.6 Å². The third-order valence-electron chi connectivity index (χ3n) is 4.28. The van der Waals surface area contributed by atoms with Crippen molar-refractivity contribution in [2.45, 2.75) is 6.18 Å². The van der Waals surface area contributed by atoms with Crippen LogP contribution in [-0.4, -0.2) is 21.7 Å². The third kappa shape index (κ3) is 3.01. The number of pyridine rings is 1. The first-order chi connectivity index (χ1) is 13.0. The zero-order valence-corrected chi connectivity index (χ0v) is 14.2. The van der Waals surface area contributed by atoms with Crippen LogP contribution >= 0.6 is 0 Å². The highest BCUT2D eigenvalue weighted by Gasteiger charge is 2.31. The minimum Gasteiger partial charge on any atom is -0.496 e. The van der Waals surface area contributed by atoms with Crippen LogP contribution in [0.3, 0.4) is 0 Å². The van der Waals surface area contributed by atoms with E-state index >= 15 is 0 Å². The van der Waals surface area contributed by atoms with Gasteiger partial charge >= 0.3 is 6.18 Å². The number of methoxy groups -OCH3 is 1. The van der Waals surface area contributed by atoms with Gasteiger partial charge in [-0.2, -0.15) is 13.2 Å². The average Bonchev–Trinajstić information content (AvgIpc) is 3.15. The van der Waals surface area contributed by atoms with Crippen molar-refractivity contribution in [3.05, 3.63) is 72.7 Å². The van der Waals surface area contributed by atoms with E-state index in [0.29, 0.717) is 28.1 Å². The largest absolute Gasteiger partial charge is 0.496 e. The Hall–Kier alpha value is -3.35. The van der Waals surface area contributed by atoms with Gasteiger partial charge in [0.15, 0.2) is 5.65 Å². The molecule has 0 fully saturated rings. The maximum Gasteiger partial charge on any atom is 0.416 e. The van der Waals surface area contributed by atoms with Crippen molar-refractivity contribution >= 4 is 5.65 Å². The number of alkyl halides is 3. The van der Waals surface area contributed by atoms with E-state index in [-0.39, 0.29) is 0 Å². The number of ether oxygens (including phenoxy) is 1. The Morgan fingerprint density at radius 1 is 1.00 bits per heavy atom. The monoisotopic (exact) mass is 368 g/mol. The molecule has 0 aliphatic rings. The predicted molar refractivity (Wildman–Crippen MR) is 94.2 cm³/mol. The average molecular weight is 368 g/mol. The topological polar surface area (TPSA) is 39.4 Å². The van der Waals surface area contributed by atoms with Crippen LogP contribution in [0.25, 0.3) is 27.9 Å². The molecule has 27 heavy (non-hydrogen) atoms. The van der Waals surface area contributed by atoms with Gasteiger partial charge in [0.25, 0.3) is 0 Å². The molecule has 0 amide bonds. The number of halogens is 3. The van der Waals surface area contributed by atoms with E-state index in [1.54, 1.807) is 31.5 Å². The van der Waals surface area contributed by atoms with Gasteiger partial charge in [0, 0.05) is 17.3 Å². The lowest BCUT2D eigenvalue weighted by Gasteiger charge is -2.15. The molecule has 2 aromatic carbocycles. The van der Waals surface area contributed by atoms with Crippen LogP contribution < -0.4 is 4.74 Å². The highest BCUT2D eigenvalue weighted by molar-refractivity contribution is 5.93. The summed E-state index contributed by atoms with van der Waals surface area (Å²) in [7, 11) is 1.55. The summed E-state index contributed by atoms with van der Waals surface area (Å²) in [5, 5.41) is 3.98. The fourth-order valence-electron chi connectivity index (χ4n) is 3.07. The van der Waals surface area contributed by atoms with Crippen molar-refractivity contribution in [3.8, 4) is 28.0 Å². The Bertz CT molecular complexity index is 1120. The van der Waals surface area contributed by atoms with E-state index in [4.69, 9.17) is 4.74 Å². The van der Waals surface area contributed by atoms with Gasteiger partial charge in [-0.25, -0.2) is 9.50 Å². The van der Waals surface area contributed by atoms with Crippen molar-refractivity contribution < 1.29 is 17.9 Å². The summed E-state index contributed by atoms with van der Waals surface area (Å²) in [4.78, 5) is 4.13. The predicted octanol–water partition coefficient (Wildman–Crippen LogP) is 4.89. The number of hydrogen-bond donors (Lipinski definition) is 0. The summed E-state index contributed by atoms with van der Waals surface area (Å²) in [5.74, 6) is 0.610. The molecule has 0 saturated carbocycles. The standard InChI is InChI=1S/C20H13F3N3O/c1-27-17-8-3-2-7-15(17)16-9-10-26-19(24-12-25-26)18(16)13-5-4-6-14(11-13)20(21,22)23/h2-11H,1H3. The van der Waals surface area contributed by atoms with E-state index in [9.17, 15) is 13.2 Å². The second kappa shape index (κ2) is 6.42. The number of para-hydroxylation sites is 1. The van der Waals surface area contributed by atoms with Crippen LogP contribution in [0.2, 0.25) is 0 Å². The molecular formula is C20H13F3N3O. The van der Waals surface area contributed by atoms with Gasteiger partial charge in [-0.05, 0) is 35.4 Å². The van der Waals surface area contributed by atoms with Crippen molar-refractivity contribution in [3.63, 3.8) is 0 Å². The van der Waals surface area contributed by atoms with Gasteiger partial charge in [-0.1, -0.05) is 30.3 Å². The van der Waals surface area contributed by atoms with Gasteiger partial charge in [0.1, 0.15) is 5.75 Å². The summed E-state index contributed by atoms with van der Waals surface area (Å²) >= 11 is 0. The molecule has 0 bridgehead atoms. The summed E-state index contributed by atoms with van der Waals surface area (Å²) in [6.45, 7) is 0. The summed E-state index contributed by atoms with van der Waals surface area (Å²) in [6.07, 6.45) is -0.237. The fraction of sp³-hybridized carbons (Fsp3) is 0.100. The maximum atomic E-state index is 13.2. The molecule has 0 saturated heterocycles. The van der Waals surface area contributed by atoms with Crippen LogP contribution in [0.1, 0.15) is 5.56 Å². The molecule has 7 heteroatoms. The summed E-state index contributed by atoms with van der Waals surface area (Å²) in [6, 6.07) is 14.3. The zero-order chi connectivity index (χ0) is 19.0. The molecule has 4 rings (SSSR count). The molecule has 0 spiro atoms. The molecule has 0 unspecified atom stereocenters. The van der Waals surface area contributed by atoms with Crippen LogP contribution in [0.15, 0.2) is 60.8 Å². The highest BCUT2D eigenvalue weighted by Crippen LogP contribution is 2.40. The van der Waals surface area contributed by atoms with E-state index in [1.165, 1.54) is 10.6 Å². The van der Waals surface area contributed by atoms with Gasteiger partial charge in [-0.15, -0.1) is 5.10 Å². The van der Waals surface area contributed by atoms with Crippen molar-refractivity contribution in [1.29, 1.82) is 0 Å². The van der Waals surface area contributed by atoms with E-state index in [1.807, 2.05) is 18.2 Å². The first kappa shape index (κ1) is 17.1. The second-order valence-corrected chi connectivity index (χ2v) is 5.86. The Kier molecular flexibility index (Phi) is 4.07. The van der Waals surface area contributed by atoms with E-state index in [2.05, 4.69) is 16.4 Å². The highest BCUT2D eigenvalue weighted by atomic mass is 19.4. The normalized spacial score (nSPS) is 11.7. The molecule has 4 aromatic rings. The van der Waals surface area contributed by atoms with Gasteiger partial charge in [0.2, 0.25) is 6.33 Å². The lowest BCUT2D eigenvalue weighted by Crippen LogP contribution is -2.05. The van der Waals surface area contributed by atoms with Crippen molar-refractivity contribution in [2.75, 3.05) is 7.11 Å². The summed E-state index contributed by atoms with van der Waals surface area (Å²) in [5.41, 5.74) is 2.05. The van der Waals surface area contributed by atoms with Crippen LogP contribution in [-0.2, 0) is 6.18 Å². The lowest BCUT2D eigenvalue weighted by atomic mass is 9.94. The van der Waals surface area contributed by atoms with Crippen LogP contribution in [0.4, 0.5) is 13.2 Å². The molecular weight excluding hydrogens is 355 g/mol. The fourth-order valence-corrected chi connectivity index (χ4v) is 3.07. The number of fused-ring (bicyclic) bond motifs is 1. The van der Waals surface area contributed by atoms with Gasteiger partial charge in [0.05, 0.1) is 12.7 Å². The first-order valence-electron chi connectivity index (χ1n) is 8.05. The molecule has 0 atom stereocenters. The molecule has 0 aliphatic carbocycles. The molecule has 4 nitrogen and oxygen atoms in total. The molecule has 2 aromatic heterocycles. The SMILES string of the molecule is COc1ccccc1-c1ccn2n[c]nc2c1-c1cccc(C(F)(F)F)c1. The number of benzene rings is 2. The number of aromatic nitrogens is 3. The Morgan fingerprint density at radius 2 is 1.81 bits per heavy atom. The molecule has 0 aliphatic heterocycles. The maximum absolute atomic E-state index is 13.2. The Labute approximate surface area is 152 Å². The van der Waals surface area contributed by atoms with Crippen molar-refractivity contribution in [2.24, 2.45) is 0 Å². The minimum absolute atomic E-state index is 0.387.